The van der Waals surface area contributed by atoms with Gasteiger partial charge in [0, 0.05) is 11.3 Å². The van der Waals surface area contributed by atoms with Gasteiger partial charge in [-0.25, -0.2) is 9.47 Å². The predicted octanol–water partition coefficient (Wildman–Crippen LogP) is 3.04. The standard InChI is InChI=1S/C15H12N6O/c1-3-10-14(16-2)12(9-7-17-19-15(9)18-10)8-5-4-6-11-13(8)21-22-20-11/h4-7,12H,3H2,1H3,(H2,17,18,19). The molecule has 4 rings (SSSR count). The number of nitrogens with zero attached hydrogens (tertiary/aromatic N) is 4. The Kier molecular flexibility index (Phi) is 2.69. The van der Waals surface area contributed by atoms with Crippen LogP contribution in [0.5, 0.6) is 0 Å². The molecule has 0 fully saturated rings. The van der Waals surface area contributed by atoms with E-state index >= 15 is 0 Å². The number of hydrogen-bond acceptors (Lipinski definition) is 5. The van der Waals surface area contributed by atoms with Gasteiger partial charge in [-0.15, -0.1) is 0 Å². The van der Waals surface area contributed by atoms with Crippen molar-refractivity contribution in [3.63, 3.8) is 0 Å². The van der Waals surface area contributed by atoms with Crippen LogP contribution < -0.4 is 5.32 Å². The number of fused-ring (bicyclic) bond motifs is 2. The topological polar surface area (TPSA) is 84.0 Å². The van der Waals surface area contributed by atoms with Gasteiger partial charge in [0.25, 0.3) is 0 Å². The Morgan fingerprint density at radius 3 is 3.05 bits per heavy atom. The third-order valence-corrected chi connectivity index (χ3v) is 3.94. The molecule has 0 amide bonds. The first-order chi connectivity index (χ1) is 10.8. The highest BCUT2D eigenvalue weighted by atomic mass is 16.6. The molecule has 108 valence electrons. The first kappa shape index (κ1) is 12.6. The first-order valence-electron chi connectivity index (χ1n) is 6.95. The van der Waals surface area contributed by atoms with Crippen molar-refractivity contribution in [1.29, 1.82) is 0 Å². The average Bonchev–Trinajstić information content (AvgIpc) is 3.20. The van der Waals surface area contributed by atoms with Gasteiger partial charge in [0.2, 0.25) is 0 Å². The summed E-state index contributed by atoms with van der Waals surface area (Å²) in [6.45, 7) is 9.63. The fourth-order valence-corrected chi connectivity index (χ4v) is 2.93. The van der Waals surface area contributed by atoms with Crippen molar-refractivity contribution in [2.45, 2.75) is 19.3 Å². The van der Waals surface area contributed by atoms with Crippen LogP contribution in [0.4, 0.5) is 5.82 Å². The van der Waals surface area contributed by atoms with Crippen molar-refractivity contribution in [3.05, 3.63) is 58.3 Å². The van der Waals surface area contributed by atoms with Crippen LogP contribution in [0.2, 0.25) is 0 Å². The van der Waals surface area contributed by atoms with E-state index in [4.69, 9.17) is 11.2 Å². The molecule has 1 unspecified atom stereocenters. The summed E-state index contributed by atoms with van der Waals surface area (Å²) < 4.78 is 4.86. The first-order valence-corrected chi connectivity index (χ1v) is 6.95. The van der Waals surface area contributed by atoms with E-state index in [0.717, 1.165) is 29.1 Å². The van der Waals surface area contributed by atoms with Crippen LogP contribution in [0.25, 0.3) is 15.9 Å². The molecular formula is C15H12N6O. The van der Waals surface area contributed by atoms with Gasteiger partial charge < -0.3 is 5.32 Å². The maximum atomic E-state index is 7.61. The van der Waals surface area contributed by atoms with E-state index in [1.807, 2.05) is 25.1 Å². The summed E-state index contributed by atoms with van der Waals surface area (Å²) >= 11 is 0. The van der Waals surface area contributed by atoms with Crippen LogP contribution in [0.1, 0.15) is 30.4 Å². The highest BCUT2D eigenvalue weighted by Crippen LogP contribution is 2.43. The molecule has 1 atom stereocenters. The van der Waals surface area contributed by atoms with Gasteiger partial charge in [-0.3, -0.25) is 5.10 Å². The number of benzene rings is 1. The largest absolute Gasteiger partial charge is 0.354 e. The third-order valence-electron chi connectivity index (χ3n) is 3.94. The van der Waals surface area contributed by atoms with E-state index in [1.54, 1.807) is 6.20 Å². The van der Waals surface area contributed by atoms with Crippen LogP contribution in [0, 0.1) is 6.57 Å². The summed E-state index contributed by atoms with van der Waals surface area (Å²) in [4.78, 5) is 3.77. The summed E-state index contributed by atoms with van der Waals surface area (Å²) in [6, 6.07) is 5.70. The van der Waals surface area contributed by atoms with Crippen molar-refractivity contribution < 1.29 is 4.63 Å². The number of rotatable bonds is 2. The van der Waals surface area contributed by atoms with Crippen molar-refractivity contribution in [1.82, 2.24) is 20.5 Å². The Bertz CT molecular complexity index is 929. The zero-order valence-corrected chi connectivity index (χ0v) is 11.8. The van der Waals surface area contributed by atoms with Gasteiger partial charge in [-0.2, -0.15) is 5.10 Å². The number of allylic oxidation sites excluding steroid dienone is 2. The van der Waals surface area contributed by atoms with Crippen molar-refractivity contribution in [2.24, 2.45) is 0 Å². The maximum Gasteiger partial charge on any atom is 0.196 e. The van der Waals surface area contributed by atoms with E-state index < -0.39 is 0 Å². The zero-order chi connectivity index (χ0) is 15.1. The lowest BCUT2D eigenvalue weighted by Gasteiger charge is -2.25. The van der Waals surface area contributed by atoms with Gasteiger partial charge in [0.15, 0.2) is 5.70 Å². The Morgan fingerprint density at radius 2 is 2.23 bits per heavy atom. The summed E-state index contributed by atoms with van der Waals surface area (Å²) in [7, 11) is 0. The molecule has 1 aliphatic heterocycles. The van der Waals surface area contributed by atoms with Gasteiger partial charge in [-0.1, -0.05) is 19.1 Å². The van der Waals surface area contributed by atoms with E-state index in [2.05, 4.69) is 30.7 Å². The second-order valence-corrected chi connectivity index (χ2v) is 5.07. The molecule has 0 saturated heterocycles. The normalized spacial score (nSPS) is 17.2. The van der Waals surface area contributed by atoms with Gasteiger partial charge >= 0.3 is 0 Å². The minimum Gasteiger partial charge on any atom is -0.354 e. The van der Waals surface area contributed by atoms with E-state index in [0.29, 0.717) is 16.7 Å². The smallest absolute Gasteiger partial charge is 0.196 e. The minimum atomic E-state index is -0.224. The monoisotopic (exact) mass is 292 g/mol. The number of nitrogens with one attached hydrogen (secondary N) is 2. The van der Waals surface area contributed by atoms with Crippen molar-refractivity contribution in [2.75, 3.05) is 5.32 Å². The number of aromatic nitrogens is 4. The fourth-order valence-electron chi connectivity index (χ4n) is 2.93. The van der Waals surface area contributed by atoms with Crippen LogP contribution in [-0.4, -0.2) is 20.5 Å². The molecule has 1 aromatic carbocycles. The molecule has 7 heteroatoms. The second kappa shape index (κ2) is 4.70. The summed E-state index contributed by atoms with van der Waals surface area (Å²) in [5, 5.41) is 18.2. The molecule has 0 spiro atoms. The minimum absolute atomic E-state index is 0.224. The summed E-state index contributed by atoms with van der Waals surface area (Å²) in [5.74, 6) is 0.598. The Balaban J connectivity index is 2.02. The van der Waals surface area contributed by atoms with Crippen LogP contribution in [0.15, 0.2) is 40.4 Å². The number of anilines is 1. The van der Waals surface area contributed by atoms with Crippen LogP contribution in [-0.2, 0) is 0 Å². The molecule has 1 aliphatic rings. The number of aromatic amines is 1. The van der Waals surface area contributed by atoms with E-state index in [1.165, 1.54) is 0 Å². The highest BCUT2D eigenvalue weighted by Gasteiger charge is 2.32. The second-order valence-electron chi connectivity index (χ2n) is 5.07. The SMILES string of the molecule is [C-]#[N+]C1=C(CC)Nc2[nH]ncc2C1c1cccc2nonc12. The fraction of sp³-hybridized carbons (Fsp3) is 0.200. The number of hydrogen-bond donors (Lipinski definition) is 2. The molecule has 0 radical (unpaired) electrons. The van der Waals surface area contributed by atoms with Crippen molar-refractivity contribution >= 4 is 16.9 Å². The average molecular weight is 292 g/mol. The summed E-state index contributed by atoms with van der Waals surface area (Å²) in [5.41, 5.74) is 4.75. The Hall–Kier alpha value is -3.14. The number of H-pyrrole nitrogens is 1. The van der Waals surface area contributed by atoms with Gasteiger partial charge in [0.1, 0.15) is 16.9 Å². The maximum absolute atomic E-state index is 7.61. The molecule has 22 heavy (non-hydrogen) atoms. The van der Waals surface area contributed by atoms with Crippen molar-refractivity contribution in [3.8, 4) is 0 Å². The molecule has 2 aromatic heterocycles. The highest BCUT2D eigenvalue weighted by molar-refractivity contribution is 5.80. The quantitative estimate of drug-likeness (QED) is 0.709. The lowest BCUT2D eigenvalue weighted by molar-refractivity contribution is 0.315. The Labute approximate surface area is 125 Å². The molecule has 0 aliphatic carbocycles. The molecule has 3 heterocycles. The predicted molar refractivity (Wildman–Crippen MR) is 79.8 cm³/mol. The Morgan fingerprint density at radius 1 is 1.32 bits per heavy atom. The zero-order valence-electron chi connectivity index (χ0n) is 11.8. The summed E-state index contributed by atoms with van der Waals surface area (Å²) in [6.07, 6.45) is 2.48. The van der Waals surface area contributed by atoms with Crippen LogP contribution in [0.3, 0.4) is 0 Å². The van der Waals surface area contributed by atoms with E-state index in [-0.39, 0.29) is 5.92 Å². The molecule has 0 bridgehead atoms. The molecule has 0 saturated carbocycles. The van der Waals surface area contributed by atoms with E-state index in [9.17, 15) is 0 Å². The third kappa shape index (κ3) is 1.64. The molecular weight excluding hydrogens is 280 g/mol. The molecule has 7 nitrogen and oxygen atoms in total. The molecule has 3 aromatic rings. The van der Waals surface area contributed by atoms with Crippen LogP contribution >= 0.6 is 0 Å². The lowest BCUT2D eigenvalue weighted by Crippen LogP contribution is -2.16. The molecule has 2 N–H and O–H groups in total. The van der Waals surface area contributed by atoms with Gasteiger partial charge in [-0.05, 0) is 28.4 Å². The lowest BCUT2D eigenvalue weighted by atomic mass is 9.85. The van der Waals surface area contributed by atoms with Gasteiger partial charge in [0.05, 0.1) is 18.7 Å².